The topological polar surface area (TPSA) is 68.4 Å². The standard InChI is InChI=1S/C23H34N4O2/c1-17-19(9-12-24-17)21(28)27-13-6-10-23(11-14-26(2)16-20(23)27)22(29)25-15-18-7-4-3-5-8-18/h7,9,12,20,24H,3-6,8,10-11,13-16H2,1-2H3,(H,25,29)/t20-,23+/m0/s1. The Morgan fingerprint density at radius 3 is 2.83 bits per heavy atom. The fourth-order valence-corrected chi connectivity index (χ4v) is 5.42. The third-order valence-corrected chi connectivity index (χ3v) is 7.22. The van der Waals surface area contributed by atoms with Crippen LogP contribution >= 0.6 is 0 Å². The van der Waals surface area contributed by atoms with Crippen LogP contribution in [0.25, 0.3) is 0 Å². The lowest BCUT2D eigenvalue weighted by Crippen LogP contribution is -2.66. The minimum absolute atomic E-state index is 0.0518. The van der Waals surface area contributed by atoms with E-state index >= 15 is 0 Å². The van der Waals surface area contributed by atoms with Crippen molar-refractivity contribution in [3.8, 4) is 0 Å². The highest BCUT2D eigenvalue weighted by molar-refractivity contribution is 5.96. The molecule has 2 atom stereocenters. The summed E-state index contributed by atoms with van der Waals surface area (Å²) < 4.78 is 0. The van der Waals surface area contributed by atoms with Gasteiger partial charge in [-0.15, -0.1) is 0 Å². The summed E-state index contributed by atoms with van der Waals surface area (Å²) in [5, 5.41) is 3.26. The maximum atomic E-state index is 13.5. The molecule has 4 rings (SSSR count). The number of nitrogens with one attached hydrogen (secondary N) is 2. The molecule has 2 saturated heterocycles. The van der Waals surface area contributed by atoms with Crippen molar-refractivity contribution in [1.82, 2.24) is 20.1 Å². The van der Waals surface area contributed by atoms with Gasteiger partial charge in [0.05, 0.1) is 17.0 Å². The van der Waals surface area contributed by atoms with Gasteiger partial charge in [0.15, 0.2) is 0 Å². The number of amides is 2. The van der Waals surface area contributed by atoms with Crippen molar-refractivity contribution < 1.29 is 9.59 Å². The van der Waals surface area contributed by atoms with Crippen LogP contribution in [0.15, 0.2) is 23.9 Å². The molecule has 0 saturated carbocycles. The number of piperidine rings is 2. The van der Waals surface area contributed by atoms with Crippen LogP contribution < -0.4 is 5.32 Å². The van der Waals surface area contributed by atoms with Crippen LogP contribution in [0.3, 0.4) is 0 Å². The number of likely N-dealkylation sites (tertiary alicyclic amines) is 2. The normalized spacial score (nSPS) is 27.9. The van der Waals surface area contributed by atoms with E-state index in [0.717, 1.165) is 63.0 Å². The molecular weight excluding hydrogens is 364 g/mol. The molecule has 0 spiro atoms. The Kier molecular flexibility index (Phi) is 5.81. The van der Waals surface area contributed by atoms with E-state index < -0.39 is 5.41 Å². The first-order chi connectivity index (χ1) is 14.0. The largest absolute Gasteiger partial charge is 0.365 e. The number of hydrogen-bond acceptors (Lipinski definition) is 3. The Morgan fingerprint density at radius 2 is 2.10 bits per heavy atom. The molecular formula is C23H34N4O2. The van der Waals surface area contributed by atoms with Gasteiger partial charge < -0.3 is 20.1 Å². The van der Waals surface area contributed by atoms with Crippen LogP contribution in [0.2, 0.25) is 0 Å². The molecule has 2 N–H and O–H groups in total. The van der Waals surface area contributed by atoms with Crippen LogP contribution in [0.5, 0.6) is 0 Å². The van der Waals surface area contributed by atoms with E-state index in [9.17, 15) is 9.59 Å². The van der Waals surface area contributed by atoms with Crippen molar-refractivity contribution >= 4 is 11.8 Å². The van der Waals surface area contributed by atoms with Gasteiger partial charge in [-0.3, -0.25) is 9.59 Å². The Bertz CT molecular complexity index is 799. The number of allylic oxidation sites excluding steroid dienone is 1. The minimum atomic E-state index is -0.472. The average Bonchev–Trinajstić information content (AvgIpc) is 3.17. The predicted molar refractivity (Wildman–Crippen MR) is 114 cm³/mol. The SMILES string of the molecule is Cc1[nH]ccc1C(=O)N1CCC[C@@]2(C(=O)NCC3=CCCCC3)CCN(C)C[C@H]12. The minimum Gasteiger partial charge on any atom is -0.365 e. The molecule has 1 aliphatic carbocycles. The maximum absolute atomic E-state index is 13.5. The molecule has 1 aromatic rings. The monoisotopic (exact) mass is 398 g/mol. The molecule has 3 heterocycles. The fourth-order valence-electron chi connectivity index (χ4n) is 5.42. The molecule has 2 fully saturated rings. The number of H-pyrrole nitrogens is 1. The van der Waals surface area contributed by atoms with Gasteiger partial charge in [0.25, 0.3) is 5.91 Å². The molecule has 3 aliphatic rings. The first-order valence-corrected chi connectivity index (χ1v) is 11.1. The number of aromatic nitrogens is 1. The van der Waals surface area contributed by atoms with E-state index in [1.165, 1.54) is 18.4 Å². The zero-order chi connectivity index (χ0) is 20.4. The fraction of sp³-hybridized carbons (Fsp3) is 0.652. The highest BCUT2D eigenvalue weighted by Gasteiger charge is 2.53. The highest BCUT2D eigenvalue weighted by atomic mass is 16.2. The number of carbonyl (C=O) groups is 2. The molecule has 2 aliphatic heterocycles. The summed E-state index contributed by atoms with van der Waals surface area (Å²) in [6.45, 7) is 4.97. The summed E-state index contributed by atoms with van der Waals surface area (Å²) in [4.78, 5) is 34.2. The Labute approximate surface area is 173 Å². The summed E-state index contributed by atoms with van der Waals surface area (Å²) in [5.74, 6) is 0.196. The Morgan fingerprint density at radius 1 is 1.24 bits per heavy atom. The zero-order valence-corrected chi connectivity index (χ0v) is 17.8. The van der Waals surface area contributed by atoms with Crippen molar-refractivity contribution in [3.63, 3.8) is 0 Å². The zero-order valence-electron chi connectivity index (χ0n) is 17.8. The summed E-state index contributed by atoms with van der Waals surface area (Å²) in [7, 11) is 2.09. The third-order valence-electron chi connectivity index (χ3n) is 7.22. The lowest BCUT2D eigenvalue weighted by Gasteiger charge is -2.53. The second kappa shape index (κ2) is 8.34. The van der Waals surface area contributed by atoms with E-state index in [2.05, 4.69) is 28.3 Å². The first-order valence-electron chi connectivity index (χ1n) is 11.1. The maximum Gasteiger partial charge on any atom is 0.255 e. The van der Waals surface area contributed by atoms with E-state index in [1.807, 2.05) is 24.1 Å². The smallest absolute Gasteiger partial charge is 0.255 e. The molecule has 6 nitrogen and oxygen atoms in total. The average molecular weight is 399 g/mol. The molecule has 0 unspecified atom stereocenters. The third kappa shape index (κ3) is 3.87. The number of hydrogen-bond donors (Lipinski definition) is 2. The van der Waals surface area contributed by atoms with Crippen molar-refractivity contribution in [1.29, 1.82) is 0 Å². The van der Waals surface area contributed by atoms with Gasteiger partial charge in [-0.25, -0.2) is 0 Å². The second-order valence-electron chi connectivity index (χ2n) is 9.09. The van der Waals surface area contributed by atoms with E-state index in [4.69, 9.17) is 0 Å². The molecule has 158 valence electrons. The van der Waals surface area contributed by atoms with Crippen LogP contribution in [-0.4, -0.2) is 65.9 Å². The lowest BCUT2D eigenvalue weighted by molar-refractivity contribution is -0.142. The van der Waals surface area contributed by atoms with Gasteiger partial charge in [0.1, 0.15) is 0 Å². The van der Waals surface area contributed by atoms with Crippen molar-refractivity contribution in [3.05, 3.63) is 35.2 Å². The first kappa shape index (κ1) is 20.2. The number of likely N-dealkylation sites (N-methyl/N-ethyl adjacent to an activating group) is 1. The molecule has 1 aromatic heterocycles. The number of aromatic amines is 1. The van der Waals surface area contributed by atoms with Crippen LogP contribution in [0.4, 0.5) is 0 Å². The van der Waals surface area contributed by atoms with Crippen molar-refractivity contribution in [2.45, 2.75) is 57.9 Å². The number of fused-ring (bicyclic) bond motifs is 1. The molecule has 29 heavy (non-hydrogen) atoms. The Hall–Kier alpha value is -2.08. The number of rotatable bonds is 4. The number of carbonyl (C=O) groups excluding carboxylic acids is 2. The number of nitrogens with zero attached hydrogens (tertiary/aromatic N) is 2. The van der Waals surface area contributed by atoms with Gasteiger partial charge in [0, 0.05) is 31.5 Å². The quantitative estimate of drug-likeness (QED) is 0.767. The highest BCUT2D eigenvalue weighted by Crippen LogP contribution is 2.43. The molecule has 0 aromatic carbocycles. The van der Waals surface area contributed by atoms with Gasteiger partial charge in [-0.2, -0.15) is 0 Å². The Balaban J connectivity index is 1.56. The van der Waals surface area contributed by atoms with Gasteiger partial charge >= 0.3 is 0 Å². The van der Waals surface area contributed by atoms with E-state index in [1.54, 1.807) is 0 Å². The van der Waals surface area contributed by atoms with Gasteiger partial charge in [-0.1, -0.05) is 11.6 Å². The summed E-state index contributed by atoms with van der Waals surface area (Å²) in [6, 6.07) is 1.79. The van der Waals surface area contributed by atoms with E-state index in [0.29, 0.717) is 6.54 Å². The second-order valence-corrected chi connectivity index (χ2v) is 9.09. The summed E-state index contributed by atoms with van der Waals surface area (Å²) >= 11 is 0. The van der Waals surface area contributed by atoms with Gasteiger partial charge in [0.2, 0.25) is 5.91 Å². The number of aryl methyl sites for hydroxylation is 1. The lowest BCUT2D eigenvalue weighted by atomic mass is 9.67. The molecule has 0 radical (unpaired) electrons. The summed E-state index contributed by atoms with van der Waals surface area (Å²) in [5.41, 5.74) is 2.50. The van der Waals surface area contributed by atoms with Gasteiger partial charge in [-0.05, 0) is 71.5 Å². The van der Waals surface area contributed by atoms with Crippen LogP contribution in [0.1, 0.15) is 61.0 Å². The van der Waals surface area contributed by atoms with Crippen LogP contribution in [0, 0.1) is 12.3 Å². The van der Waals surface area contributed by atoms with Crippen molar-refractivity contribution in [2.75, 3.05) is 33.2 Å². The molecule has 6 heteroatoms. The van der Waals surface area contributed by atoms with Crippen molar-refractivity contribution in [2.24, 2.45) is 5.41 Å². The molecule has 2 amide bonds. The van der Waals surface area contributed by atoms with E-state index in [-0.39, 0.29) is 17.9 Å². The predicted octanol–water partition coefficient (Wildman–Crippen LogP) is 2.87. The summed E-state index contributed by atoms with van der Waals surface area (Å²) in [6.07, 6.45) is 11.4. The van der Waals surface area contributed by atoms with Crippen LogP contribution in [-0.2, 0) is 4.79 Å². The molecule has 0 bridgehead atoms.